The van der Waals surface area contributed by atoms with E-state index in [9.17, 15) is 9.59 Å². The first kappa shape index (κ1) is 17.2. The maximum absolute atomic E-state index is 12.9. The molecule has 2 aromatic rings. The lowest BCUT2D eigenvalue weighted by Crippen LogP contribution is -2.35. The first-order chi connectivity index (χ1) is 11.8. The summed E-state index contributed by atoms with van der Waals surface area (Å²) in [5, 5.41) is 3.23. The van der Waals surface area contributed by atoms with Gasteiger partial charge in [-0.1, -0.05) is 23.8 Å². The molecule has 1 fully saturated rings. The zero-order chi connectivity index (χ0) is 18.3. The fraction of sp³-hybridized carbons (Fsp3) is 0.333. The number of aryl methyl sites for hydroxylation is 5. The van der Waals surface area contributed by atoms with Crippen molar-refractivity contribution in [3.05, 3.63) is 58.1 Å². The van der Waals surface area contributed by atoms with E-state index in [1.165, 1.54) is 10.5 Å². The summed E-state index contributed by atoms with van der Waals surface area (Å²) in [5.74, 6) is -0.334. The number of nitrogens with zero attached hydrogens (tertiary/aromatic N) is 1. The van der Waals surface area contributed by atoms with Crippen molar-refractivity contribution in [1.29, 1.82) is 0 Å². The Hall–Kier alpha value is -2.62. The topological polar surface area (TPSA) is 49.4 Å². The van der Waals surface area contributed by atoms with E-state index >= 15 is 0 Å². The largest absolute Gasteiger partial charge is 0.373 e. The van der Waals surface area contributed by atoms with Gasteiger partial charge in [0.15, 0.2) is 0 Å². The summed E-state index contributed by atoms with van der Waals surface area (Å²) in [6.45, 7) is 9.99. The van der Waals surface area contributed by atoms with E-state index in [2.05, 4.69) is 5.32 Å². The van der Waals surface area contributed by atoms with Gasteiger partial charge in [-0.3, -0.25) is 9.59 Å². The zero-order valence-electron chi connectivity index (χ0n) is 15.4. The highest BCUT2D eigenvalue weighted by atomic mass is 16.2. The molecule has 3 rings (SSSR count). The first-order valence-electron chi connectivity index (χ1n) is 8.56. The minimum absolute atomic E-state index is 0.151. The van der Waals surface area contributed by atoms with Crippen molar-refractivity contribution in [2.24, 2.45) is 0 Å². The molecule has 2 amide bonds. The smallest absolute Gasteiger partial charge is 0.256 e. The van der Waals surface area contributed by atoms with Gasteiger partial charge in [-0.05, 0) is 69.0 Å². The fourth-order valence-electron chi connectivity index (χ4n) is 3.54. The quantitative estimate of drug-likeness (QED) is 0.863. The average Bonchev–Trinajstić information content (AvgIpc) is 2.78. The highest BCUT2D eigenvalue weighted by molar-refractivity contribution is 6.23. The molecule has 1 atom stereocenters. The molecule has 0 bridgehead atoms. The Morgan fingerprint density at radius 1 is 0.880 bits per heavy atom. The van der Waals surface area contributed by atoms with Gasteiger partial charge in [-0.2, -0.15) is 0 Å². The Kier molecular flexibility index (Phi) is 4.38. The summed E-state index contributed by atoms with van der Waals surface area (Å²) in [5.41, 5.74) is 6.98. The van der Waals surface area contributed by atoms with Crippen molar-refractivity contribution in [2.45, 2.75) is 47.1 Å². The molecular formula is C21H24N2O2. The lowest BCUT2D eigenvalue weighted by atomic mass is 10.0. The van der Waals surface area contributed by atoms with Crippen LogP contribution in [0.4, 0.5) is 11.4 Å². The normalized spacial score (nSPS) is 17.3. The zero-order valence-corrected chi connectivity index (χ0v) is 15.4. The lowest BCUT2D eigenvalue weighted by Gasteiger charge is -2.21. The highest BCUT2D eigenvalue weighted by Gasteiger charge is 2.40. The number of benzene rings is 2. The maximum atomic E-state index is 12.9. The molecule has 1 aliphatic rings. The molecule has 1 aliphatic heterocycles. The highest BCUT2D eigenvalue weighted by Crippen LogP contribution is 2.31. The number of imide groups is 1. The molecule has 0 radical (unpaired) electrons. The number of nitrogens with one attached hydrogen (secondary N) is 1. The number of hydrogen-bond donors (Lipinski definition) is 1. The standard InChI is InChI=1S/C21H24N2O2/c1-12-8-15(4)20(16(5)9-12)23-19(24)11-18(21(23)25)22-17-7-6-13(2)14(3)10-17/h6-10,18,22H,11H2,1-5H3/t18-/m0/s1. The van der Waals surface area contributed by atoms with Gasteiger partial charge in [0, 0.05) is 5.69 Å². The maximum Gasteiger partial charge on any atom is 0.256 e. The third-order valence-corrected chi connectivity index (χ3v) is 4.85. The first-order valence-corrected chi connectivity index (χ1v) is 8.56. The number of carbonyl (C=O) groups is 2. The summed E-state index contributed by atoms with van der Waals surface area (Å²) < 4.78 is 0. The molecule has 0 unspecified atom stereocenters. The van der Waals surface area contributed by atoms with Crippen LogP contribution in [0.25, 0.3) is 0 Å². The Morgan fingerprint density at radius 3 is 2.12 bits per heavy atom. The van der Waals surface area contributed by atoms with E-state index in [1.807, 2.05) is 65.0 Å². The molecule has 4 heteroatoms. The number of anilines is 2. The van der Waals surface area contributed by atoms with E-state index < -0.39 is 6.04 Å². The third-order valence-electron chi connectivity index (χ3n) is 4.85. The van der Waals surface area contributed by atoms with Crippen LogP contribution >= 0.6 is 0 Å². The van der Waals surface area contributed by atoms with Crippen LogP contribution in [0.15, 0.2) is 30.3 Å². The Labute approximate surface area is 148 Å². The molecule has 1 heterocycles. The van der Waals surface area contributed by atoms with Crippen LogP contribution in [0.1, 0.15) is 34.2 Å². The second-order valence-corrected chi connectivity index (χ2v) is 7.01. The van der Waals surface area contributed by atoms with Crippen LogP contribution in [-0.2, 0) is 9.59 Å². The summed E-state index contributed by atoms with van der Waals surface area (Å²) in [4.78, 5) is 26.8. The number of rotatable bonds is 3. The number of amides is 2. The molecule has 4 nitrogen and oxygen atoms in total. The van der Waals surface area contributed by atoms with Crippen molar-refractivity contribution in [3.8, 4) is 0 Å². The molecule has 130 valence electrons. The van der Waals surface area contributed by atoms with Gasteiger partial charge >= 0.3 is 0 Å². The van der Waals surface area contributed by atoms with Crippen molar-refractivity contribution < 1.29 is 9.59 Å². The van der Waals surface area contributed by atoms with E-state index in [-0.39, 0.29) is 18.2 Å². The van der Waals surface area contributed by atoms with E-state index in [0.29, 0.717) is 0 Å². The Balaban J connectivity index is 1.89. The molecule has 2 aromatic carbocycles. The van der Waals surface area contributed by atoms with Gasteiger partial charge in [0.25, 0.3) is 5.91 Å². The van der Waals surface area contributed by atoms with Gasteiger partial charge in [0.2, 0.25) is 5.91 Å². The number of hydrogen-bond acceptors (Lipinski definition) is 3. The minimum atomic E-state index is -0.519. The molecule has 0 spiro atoms. The lowest BCUT2D eigenvalue weighted by molar-refractivity contribution is -0.121. The van der Waals surface area contributed by atoms with Crippen LogP contribution < -0.4 is 10.2 Å². The predicted molar refractivity (Wildman–Crippen MR) is 101 cm³/mol. The number of carbonyl (C=O) groups excluding carboxylic acids is 2. The van der Waals surface area contributed by atoms with E-state index in [0.717, 1.165) is 33.6 Å². The van der Waals surface area contributed by atoms with Crippen LogP contribution in [0.5, 0.6) is 0 Å². The molecule has 1 N–H and O–H groups in total. The molecule has 0 aliphatic carbocycles. The van der Waals surface area contributed by atoms with E-state index in [4.69, 9.17) is 0 Å². The van der Waals surface area contributed by atoms with Gasteiger partial charge in [0.1, 0.15) is 6.04 Å². The summed E-state index contributed by atoms with van der Waals surface area (Å²) in [6.07, 6.45) is 0.179. The molecular weight excluding hydrogens is 312 g/mol. The fourth-order valence-corrected chi connectivity index (χ4v) is 3.54. The summed E-state index contributed by atoms with van der Waals surface area (Å²) >= 11 is 0. The summed E-state index contributed by atoms with van der Waals surface area (Å²) in [6, 6.07) is 9.48. The van der Waals surface area contributed by atoms with Crippen molar-refractivity contribution >= 4 is 23.2 Å². The van der Waals surface area contributed by atoms with E-state index in [1.54, 1.807) is 0 Å². The van der Waals surface area contributed by atoms with Gasteiger partial charge in [0.05, 0.1) is 12.1 Å². The van der Waals surface area contributed by atoms with Crippen LogP contribution in [0.3, 0.4) is 0 Å². The second-order valence-electron chi connectivity index (χ2n) is 7.01. The van der Waals surface area contributed by atoms with Crippen LogP contribution in [0, 0.1) is 34.6 Å². The predicted octanol–water partition coefficient (Wildman–Crippen LogP) is 3.97. The second kappa shape index (κ2) is 6.36. The minimum Gasteiger partial charge on any atom is -0.373 e. The Morgan fingerprint density at radius 2 is 1.52 bits per heavy atom. The van der Waals surface area contributed by atoms with Gasteiger partial charge in [-0.15, -0.1) is 0 Å². The monoisotopic (exact) mass is 336 g/mol. The van der Waals surface area contributed by atoms with Gasteiger partial charge < -0.3 is 5.32 Å². The third kappa shape index (κ3) is 3.16. The van der Waals surface area contributed by atoms with Crippen molar-refractivity contribution in [3.63, 3.8) is 0 Å². The van der Waals surface area contributed by atoms with Crippen molar-refractivity contribution in [2.75, 3.05) is 10.2 Å². The molecule has 0 saturated carbocycles. The van der Waals surface area contributed by atoms with Crippen LogP contribution in [0.2, 0.25) is 0 Å². The SMILES string of the molecule is Cc1cc(C)c(N2C(=O)C[C@H](Nc3ccc(C)c(C)c3)C2=O)c(C)c1. The average molecular weight is 336 g/mol. The van der Waals surface area contributed by atoms with Crippen LogP contribution in [-0.4, -0.2) is 17.9 Å². The summed E-state index contributed by atoms with van der Waals surface area (Å²) in [7, 11) is 0. The van der Waals surface area contributed by atoms with Crippen molar-refractivity contribution in [1.82, 2.24) is 0 Å². The van der Waals surface area contributed by atoms with Gasteiger partial charge in [-0.25, -0.2) is 4.90 Å². The molecule has 1 saturated heterocycles. The Bertz CT molecular complexity index is 847. The molecule has 0 aromatic heterocycles. The molecule has 25 heavy (non-hydrogen) atoms.